The molecule has 0 bridgehead atoms. The highest BCUT2D eigenvalue weighted by Crippen LogP contribution is 2.18. The van der Waals surface area contributed by atoms with Gasteiger partial charge in [0.2, 0.25) is 11.8 Å². The van der Waals surface area contributed by atoms with Gasteiger partial charge in [0.15, 0.2) is 0 Å². The summed E-state index contributed by atoms with van der Waals surface area (Å²) >= 11 is 0. The number of ether oxygens (including phenoxy) is 2. The number of hydrogen-bond donors (Lipinski definition) is 0. The molecule has 0 rings (SSSR count). The second-order valence-corrected chi connectivity index (χ2v) is 7.70. The van der Waals surface area contributed by atoms with Crippen LogP contribution in [0, 0.1) is 11.8 Å². The summed E-state index contributed by atoms with van der Waals surface area (Å²) < 4.78 is 12.0. The molecular formula is C20H40N2O4. The van der Waals surface area contributed by atoms with Gasteiger partial charge in [0.05, 0.1) is 31.2 Å². The van der Waals surface area contributed by atoms with Crippen molar-refractivity contribution in [2.75, 3.05) is 41.4 Å². The van der Waals surface area contributed by atoms with Gasteiger partial charge in [-0.15, -0.1) is 0 Å². The first-order valence-corrected chi connectivity index (χ1v) is 9.78. The highest BCUT2D eigenvalue weighted by atomic mass is 16.5. The lowest BCUT2D eigenvalue weighted by atomic mass is 9.99. The normalized spacial score (nSPS) is 14.8. The monoisotopic (exact) mass is 372 g/mol. The molecule has 0 aliphatic carbocycles. The van der Waals surface area contributed by atoms with Gasteiger partial charge in [-0.3, -0.25) is 9.59 Å². The maximum atomic E-state index is 12.7. The third kappa shape index (κ3) is 9.53. The first-order chi connectivity index (χ1) is 12.1. The van der Waals surface area contributed by atoms with Crippen LogP contribution in [0.3, 0.4) is 0 Å². The van der Waals surface area contributed by atoms with Gasteiger partial charge < -0.3 is 19.3 Å². The summed E-state index contributed by atoms with van der Waals surface area (Å²) in [6.45, 7) is 9.25. The van der Waals surface area contributed by atoms with E-state index in [9.17, 15) is 9.59 Å². The molecule has 0 aromatic heterocycles. The van der Waals surface area contributed by atoms with Crippen LogP contribution in [0.5, 0.6) is 0 Å². The Morgan fingerprint density at radius 2 is 1.54 bits per heavy atom. The molecule has 0 saturated carbocycles. The average molecular weight is 373 g/mol. The van der Waals surface area contributed by atoms with E-state index in [1.165, 1.54) is 0 Å². The topological polar surface area (TPSA) is 59.1 Å². The summed E-state index contributed by atoms with van der Waals surface area (Å²) in [5.74, 6) is 0.252. The van der Waals surface area contributed by atoms with Gasteiger partial charge in [-0.2, -0.15) is 0 Å². The van der Waals surface area contributed by atoms with E-state index in [1.54, 1.807) is 38.0 Å². The van der Waals surface area contributed by atoms with Crippen LogP contribution < -0.4 is 0 Å². The Morgan fingerprint density at radius 3 is 1.96 bits per heavy atom. The fraction of sp³-hybridized carbons (Fsp3) is 0.900. The standard InChI is InChI=1S/C20H40N2O4/c1-9-16(13-19(23)21(5)6)26-14-17(20(24)22(7)8)18(10-2)25-12-11-15(3)4/h15-18H,9-14H2,1-8H3. The Hall–Kier alpha value is -1.14. The van der Waals surface area contributed by atoms with Crippen LogP contribution in [-0.2, 0) is 19.1 Å². The first kappa shape index (κ1) is 24.9. The molecular weight excluding hydrogens is 332 g/mol. The van der Waals surface area contributed by atoms with Crippen molar-refractivity contribution in [3.8, 4) is 0 Å². The SMILES string of the molecule is CCC(CC(=O)N(C)C)OCC(C(=O)N(C)C)C(CC)OCCC(C)C. The molecule has 154 valence electrons. The molecule has 2 amide bonds. The Bertz CT molecular complexity index is 411. The summed E-state index contributed by atoms with van der Waals surface area (Å²) in [6, 6.07) is 0. The van der Waals surface area contributed by atoms with Crippen molar-refractivity contribution in [1.82, 2.24) is 9.80 Å². The molecule has 3 atom stereocenters. The molecule has 0 heterocycles. The van der Waals surface area contributed by atoms with Crippen molar-refractivity contribution >= 4 is 11.8 Å². The van der Waals surface area contributed by atoms with Crippen LogP contribution >= 0.6 is 0 Å². The number of hydrogen-bond acceptors (Lipinski definition) is 4. The van der Waals surface area contributed by atoms with E-state index in [0.717, 1.165) is 19.3 Å². The summed E-state index contributed by atoms with van der Waals surface area (Å²) in [5, 5.41) is 0. The molecule has 0 aromatic rings. The van der Waals surface area contributed by atoms with Gasteiger partial charge in [0.1, 0.15) is 0 Å². The van der Waals surface area contributed by atoms with E-state index < -0.39 is 0 Å². The van der Waals surface area contributed by atoms with Gasteiger partial charge in [0, 0.05) is 34.8 Å². The van der Waals surface area contributed by atoms with E-state index >= 15 is 0 Å². The Balaban J connectivity index is 4.94. The number of carbonyl (C=O) groups excluding carboxylic acids is 2. The maximum absolute atomic E-state index is 12.7. The minimum atomic E-state index is -0.356. The molecule has 0 radical (unpaired) electrons. The molecule has 3 unspecified atom stereocenters. The fourth-order valence-corrected chi connectivity index (χ4v) is 2.58. The van der Waals surface area contributed by atoms with Crippen LogP contribution in [-0.4, -0.2) is 75.2 Å². The first-order valence-electron chi connectivity index (χ1n) is 9.78. The van der Waals surface area contributed by atoms with Crippen LogP contribution in [0.1, 0.15) is 53.4 Å². The summed E-state index contributed by atoms with van der Waals surface area (Å²) in [6.07, 6.45) is 2.42. The van der Waals surface area contributed by atoms with Crippen molar-refractivity contribution in [3.63, 3.8) is 0 Å². The number of rotatable bonds is 13. The molecule has 0 saturated heterocycles. The van der Waals surface area contributed by atoms with Gasteiger partial charge in [-0.05, 0) is 25.2 Å². The van der Waals surface area contributed by atoms with Crippen molar-refractivity contribution < 1.29 is 19.1 Å². The number of nitrogens with zero attached hydrogens (tertiary/aromatic N) is 2. The smallest absolute Gasteiger partial charge is 0.230 e. The van der Waals surface area contributed by atoms with E-state index in [2.05, 4.69) is 13.8 Å². The Morgan fingerprint density at radius 1 is 0.923 bits per heavy atom. The summed E-state index contributed by atoms with van der Waals surface area (Å²) in [4.78, 5) is 27.8. The Labute approximate surface area is 160 Å². The molecule has 26 heavy (non-hydrogen) atoms. The van der Waals surface area contributed by atoms with Gasteiger partial charge in [0.25, 0.3) is 0 Å². The average Bonchev–Trinajstić information content (AvgIpc) is 2.57. The van der Waals surface area contributed by atoms with Crippen LogP contribution in [0.15, 0.2) is 0 Å². The predicted molar refractivity (Wildman–Crippen MR) is 105 cm³/mol. The van der Waals surface area contributed by atoms with E-state index in [0.29, 0.717) is 18.9 Å². The van der Waals surface area contributed by atoms with Crippen molar-refractivity contribution in [2.24, 2.45) is 11.8 Å². The summed E-state index contributed by atoms with van der Waals surface area (Å²) in [5.41, 5.74) is 0. The van der Waals surface area contributed by atoms with Crippen LogP contribution in [0.25, 0.3) is 0 Å². The zero-order chi connectivity index (χ0) is 20.3. The lowest BCUT2D eigenvalue weighted by Crippen LogP contribution is -2.42. The largest absolute Gasteiger partial charge is 0.377 e. The molecule has 6 heteroatoms. The third-order valence-corrected chi connectivity index (χ3v) is 4.50. The van der Waals surface area contributed by atoms with Gasteiger partial charge in [-0.25, -0.2) is 0 Å². The minimum Gasteiger partial charge on any atom is -0.377 e. The zero-order valence-electron chi connectivity index (χ0n) is 18.1. The predicted octanol–water partition coefficient (Wildman–Crippen LogP) is 2.81. The molecule has 0 spiro atoms. The van der Waals surface area contributed by atoms with Crippen LogP contribution in [0.2, 0.25) is 0 Å². The lowest BCUT2D eigenvalue weighted by Gasteiger charge is -2.29. The maximum Gasteiger partial charge on any atom is 0.230 e. The van der Waals surface area contributed by atoms with Crippen molar-refractivity contribution in [3.05, 3.63) is 0 Å². The Kier molecular flexibility index (Phi) is 12.5. The quantitative estimate of drug-likeness (QED) is 0.499. The van der Waals surface area contributed by atoms with Crippen LogP contribution in [0.4, 0.5) is 0 Å². The molecule has 6 nitrogen and oxygen atoms in total. The molecule has 0 aromatic carbocycles. The second-order valence-electron chi connectivity index (χ2n) is 7.70. The van der Waals surface area contributed by atoms with E-state index in [-0.39, 0.29) is 36.5 Å². The highest BCUT2D eigenvalue weighted by molar-refractivity contribution is 5.79. The lowest BCUT2D eigenvalue weighted by molar-refractivity contribution is -0.145. The number of amides is 2. The van der Waals surface area contributed by atoms with Crippen molar-refractivity contribution in [1.29, 1.82) is 0 Å². The molecule has 0 fully saturated rings. The number of carbonyl (C=O) groups is 2. The van der Waals surface area contributed by atoms with E-state index in [4.69, 9.17) is 9.47 Å². The summed E-state index contributed by atoms with van der Waals surface area (Å²) in [7, 11) is 6.98. The second kappa shape index (κ2) is 13.1. The third-order valence-electron chi connectivity index (χ3n) is 4.50. The minimum absolute atomic E-state index is 0.00943. The van der Waals surface area contributed by atoms with Gasteiger partial charge >= 0.3 is 0 Å². The molecule has 0 aliphatic heterocycles. The fourth-order valence-electron chi connectivity index (χ4n) is 2.58. The van der Waals surface area contributed by atoms with E-state index in [1.807, 2.05) is 13.8 Å². The highest BCUT2D eigenvalue weighted by Gasteiger charge is 2.30. The van der Waals surface area contributed by atoms with Gasteiger partial charge in [-0.1, -0.05) is 27.7 Å². The van der Waals surface area contributed by atoms with Crippen molar-refractivity contribution in [2.45, 2.75) is 65.6 Å². The zero-order valence-corrected chi connectivity index (χ0v) is 18.1. The molecule has 0 aliphatic rings. The molecule has 0 N–H and O–H groups in total.